The molecule has 1 aromatic heterocycles. The van der Waals surface area contributed by atoms with Crippen LogP contribution in [0.5, 0.6) is 10.9 Å². The van der Waals surface area contributed by atoms with Gasteiger partial charge in [0, 0.05) is 13.2 Å². The van der Waals surface area contributed by atoms with E-state index in [1.165, 1.54) is 24.2 Å². The van der Waals surface area contributed by atoms with Crippen molar-refractivity contribution in [2.75, 3.05) is 7.11 Å². The lowest BCUT2D eigenvalue weighted by molar-refractivity contribution is 0.184. The minimum Gasteiger partial charge on any atom is -0.430 e. The van der Waals surface area contributed by atoms with Crippen LogP contribution in [0.3, 0.4) is 0 Å². The molecule has 0 amide bonds. The third-order valence-electron chi connectivity index (χ3n) is 2.98. The Morgan fingerprint density at radius 1 is 1.35 bits per heavy atom. The summed E-state index contributed by atoms with van der Waals surface area (Å²) < 4.78 is 10.8. The van der Waals surface area contributed by atoms with Crippen LogP contribution < -0.4 is 10.1 Å². The molecule has 3 rings (SSSR count). The lowest BCUT2D eigenvalue weighted by Gasteiger charge is -2.03. The van der Waals surface area contributed by atoms with E-state index >= 15 is 0 Å². The number of hydrogen-bond donors (Lipinski definition) is 1. The summed E-state index contributed by atoms with van der Waals surface area (Å²) in [7, 11) is 1.68. The summed E-state index contributed by atoms with van der Waals surface area (Å²) in [5, 5.41) is 13.1. The Hall–Kier alpha value is -1.50. The van der Waals surface area contributed by atoms with Gasteiger partial charge >= 0.3 is 0 Å². The van der Waals surface area contributed by atoms with Gasteiger partial charge in [-0.1, -0.05) is 28.6 Å². The highest BCUT2D eigenvalue weighted by molar-refractivity contribution is 7.13. The van der Waals surface area contributed by atoms with Crippen LogP contribution >= 0.6 is 11.3 Å². The van der Waals surface area contributed by atoms with Gasteiger partial charge in [0.15, 0.2) is 0 Å². The molecule has 106 valence electrons. The Morgan fingerprint density at radius 3 is 3.05 bits per heavy atom. The Kier molecular flexibility index (Phi) is 4.25. The second-order valence-corrected chi connectivity index (χ2v) is 5.82. The summed E-state index contributed by atoms with van der Waals surface area (Å²) in [5.74, 6) is 0.761. The Balaban J connectivity index is 1.60. The molecule has 1 aliphatic rings. The van der Waals surface area contributed by atoms with Crippen molar-refractivity contribution in [2.45, 2.75) is 32.0 Å². The van der Waals surface area contributed by atoms with Crippen LogP contribution in [0, 0.1) is 0 Å². The van der Waals surface area contributed by atoms with Crippen LogP contribution in [0.1, 0.15) is 23.4 Å². The van der Waals surface area contributed by atoms with Crippen molar-refractivity contribution in [1.29, 1.82) is 0 Å². The Morgan fingerprint density at radius 2 is 2.25 bits per heavy atom. The molecular weight excluding hydrogens is 274 g/mol. The van der Waals surface area contributed by atoms with Gasteiger partial charge in [-0.05, 0) is 30.5 Å². The van der Waals surface area contributed by atoms with Gasteiger partial charge in [0.05, 0.1) is 13.2 Å². The van der Waals surface area contributed by atoms with Crippen LogP contribution in [0.2, 0.25) is 0 Å². The summed E-state index contributed by atoms with van der Waals surface area (Å²) in [6.45, 7) is 1.35. The standard InChI is InChI=1S/C14H17N3O2S/c1-18-9-10-3-2-4-12(7-10)19-14-17-16-13(20-14)8-15-11-5-6-11/h2-4,7,11,15H,5-6,8-9H2,1H3. The molecule has 0 saturated heterocycles. The van der Waals surface area contributed by atoms with Gasteiger partial charge in [-0.25, -0.2) is 0 Å². The van der Waals surface area contributed by atoms with E-state index in [1.54, 1.807) is 7.11 Å². The number of rotatable bonds is 7. The third kappa shape index (κ3) is 3.75. The fourth-order valence-corrected chi connectivity index (χ4v) is 2.49. The first kappa shape index (κ1) is 13.5. The van der Waals surface area contributed by atoms with Gasteiger partial charge in [0.25, 0.3) is 5.19 Å². The fraction of sp³-hybridized carbons (Fsp3) is 0.429. The van der Waals surface area contributed by atoms with E-state index in [2.05, 4.69) is 15.5 Å². The zero-order valence-corrected chi connectivity index (χ0v) is 12.2. The summed E-state index contributed by atoms with van der Waals surface area (Å²) in [4.78, 5) is 0. The van der Waals surface area contributed by atoms with E-state index in [9.17, 15) is 0 Å². The quantitative estimate of drug-likeness (QED) is 0.850. The molecule has 1 heterocycles. The number of aromatic nitrogens is 2. The van der Waals surface area contributed by atoms with Gasteiger partial charge < -0.3 is 14.8 Å². The molecule has 0 radical (unpaired) electrons. The van der Waals surface area contributed by atoms with Gasteiger partial charge in [-0.2, -0.15) is 0 Å². The predicted octanol–water partition coefficient (Wildman–Crippen LogP) is 2.73. The molecule has 0 spiro atoms. The van der Waals surface area contributed by atoms with Crippen LogP contribution in [0.4, 0.5) is 0 Å². The van der Waals surface area contributed by atoms with Crippen molar-refractivity contribution >= 4 is 11.3 Å². The number of methoxy groups -OCH3 is 1. The van der Waals surface area contributed by atoms with Crippen molar-refractivity contribution in [3.63, 3.8) is 0 Å². The first-order chi connectivity index (χ1) is 9.83. The second-order valence-electron chi connectivity index (χ2n) is 4.80. The van der Waals surface area contributed by atoms with Crippen LogP contribution in [-0.2, 0) is 17.9 Å². The molecule has 0 atom stereocenters. The smallest absolute Gasteiger partial charge is 0.299 e. The maximum Gasteiger partial charge on any atom is 0.299 e. The molecule has 1 fully saturated rings. The van der Waals surface area contributed by atoms with Crippen molar-refractivity contribution in [2.24, 2.45) is 0 Å². The first-order valence-electron chi connectivity index (χ1n) is 6.65. The number of nitrogens with zero attached hydrogens (tertiary/aromatic N) is 2. The molecule has 1 N–H and O–H groups in total. The van der Waals surface area contributed by atoms with Crippen LogP contribution in [-0.4, -0.2) is 23.3 Å². The van der Waals surface area contributed by atoms with E-state index in [-0.39, 0.29) is 0 Å². The molecular formula is C14H17N3O2S. The first-order valence-corrected chi connectivity index (χ1v) is 7.46. The fourth-order valence-electron chi connectivity index (χ4n) is 1.84. The molecule has 2 aromatic rings. The largest absolute Gasteiger partial charge is 0.430 e. The normalized spacial score (nSPS) is 14.4. The molecule has 1 aliphatic carbocycles. The SMILES string of the molecule is COCc1cccc(Oc2nnc(CNC3CC3)s2)c1. The van der Waals surface area contributed by atoms with Gasteiger partial charge in [-0.15, -0.1) is 5.10 Å². The highest BCUT2D eigenvalue weighted by atomic mass is 32.1. The predicted molar refractivity (Wildman–Crippen MR) is 77.0 cm³/mol. The maximum atomic E-state index is 5.73. The lowest BCUT2D eigenvalue weighted by Crippen LogP contribution is -2.14. The number of nitrogens with one attached hydrogen (secondary N) is 1. The lowest BCUT2D eigenvalue weighted by atomic mass is 10.2. The van der Waals surface area contributed by atoms with Gasteiger partial charge in [0.1, 0.15) is 10.8 Å². The third-order valence-corrected chi connectivity index (χ3v) is 3.78. The van der Waals surface area contributed by atoms with Crippen LogP contribution in [0.25, 0.3) is 0 Å². The number of benzene rings is 1. The zero-order chi connectivity index (χ0) is 13.8. The average Bonchev–Trinajstić information content (AvgIpc) is 3.18. The van der Waals surface area contributed by atoms with E-state index in [4.69, 9.17) is 9.47 Å². The molecule has 0 bridgehead atoms. The number of hydrogen-bond acceptors (Lipinski definition) is 6. The number of ether oxygens (including phenoxy) is 2. The summed E-state index contributed by atoms with van der Waals surface area (Å²) in [6.07, 6.45) is 2.54. The summed E-state index contributed by atoms with van der Waals surface area (Å²) >= 11 is 1.48. The molecule has 20 heavy (non-hydrogen) atoms. The monoisotopic (exact) mass is 291 g/mol. The minimum absolute atomic E-state index is 0.573. The van der Waals surface area contributed by atoms with Crippen molar-refractivity contribution in [1.82, 2.24) is 15.5 Å². The summed E-state index contributed by atoms with van der Waals surface area (Å²) in [6, 6.07) is 8.48. The molecule has 0 unspecified atom stereocenters. The zero-order valence-electron chi connectivity index (χ0n) is 11.3. The summed E-state index contributed by atoms with van der Waals surface area (Å²) in [5.41, 5.74) is 1.07. The Labute approximate surface area is 121 Å². The maximum absolute atomic E-state index is 5.73. The second kappa shape index (κ2) is 6.30. The van der Waals surface area contributed by atoms with E-state index in [0.717, 1.165) is 22.9 Å². The van der Waals surface area contributed by atoms with E-state index in [1.807, 2.05) is 24.3 Å². The molecule has 6 heteroatoms. The topological polar surface area (TPSA) is 56.3 Å². The van der Waals surface area contributed by atoms with Crippen molar-refractivity contribution in [3.05, 3.63) is 34.8 Å². The van der Waals surface area contributed by atoms with Gasteiger partial charge in [0.2, 0.25) is 0 Å². The highest BCUT2D eigenvalue weighted by Crippen LogP contribution is 2.26. The minimum atomic E-state index is 0.573. The average molecular weight is 291 g/mol. The molecule has 5 nitrogen and oxygen atoms in total. The van der Waals surface area contributed by atoms with Gasteiger partial charge in [-0.3, -0.25) is 0 Å². The molecule has 1 aromatic carbocycles. The van der Waals surface area contributed by atoms with E-state index < -0.39 is 0 Å². The van der Waals surface area contributed by atoms with Crippen molar-refractivity contribution in [3.8, 4) is 10.9 Å². The molecule has 1 saturated carbocycles. The Bertz CT molecular complexity index is 569. The molecule has 0 aliphatic heterocycles. The van der Waals surface area contributed by atoms with E-state index in [0.29, 0.717) is 17.8 Å². The van der Waals surface area contributed by atoms with Crippen molar-refractivity contribution < 1.29 is 9.47 Å². The highest BCUT2D eigenvalue weighted by Gasteiger charge is 2.20. The van der Waals surface area contributed by atoms with Crippen LogP contribution in [0.15, 0.2) is 24.3 Å².